The number of hydrogen-bond acceptors (Lipinski definition) is 5. The highest BCUT2D eigenvalue weighted by Gasteiger charge is 2.20. The number of hydrogen-bond donors (Lipinski definition) is 2. The number of ether oxygens (including phenoxy) is 2. The first-order chi connectivity index (χ1) is 9.45. The van der Waals surface area contributed by atoms with Gasteiger partial charge in [-0.25, -0.2) is 4.79 Å². The Morgan fingerprint density at radius 3 is 2.75 bits per heavy atom. The molecule has 0 heterocycles. The molecule has 0 unspecified atom stereocenters. The van der Waals surface area contributed by atoms with Gasteiger partial charge < -0.3 is 20.5 Å². The lowest BCUT2D eigenvalue weighted by Crippen LogP contribution is -2.37. The van der Waals surface area contributed by atoms with Gasteiger partial charge in [-0.05, 0) is 25.1 Å². The highest BCUT2D eigenvalue weighted by atomic mass is 35.5. The second kappa shape index (κ2) is 7.72. The van der Waals surface area contributed by atoms with Gasteiger partial charge in [0.15, 0.2) is 6.10 Å². The molecule has 0 saturated carbocycles. The Morgan fingerprint density at radius 1 is 1.45 bits per heavy atom. The lowest BCUT2D eigenvalue weighted by molar-refractivity contribution is -0.129. The average molecular weight is 301 g/mol. The normalized spacial score (nSPS) is 11.8. The SMILES string of the molecule is COCCNC(=O)[C@@H](C)OC(=O)c1ccc(Cl)cc1N. The maximum atomic E-state index is 11.9. The summed E-state index contributed by atoms with van der Waals surface area (Å²) in [7, 11) is 1.53. The molecule has 6 nitrogen and oxygen atoms in total. The number of rotatable bonds is 6. The van der Waals surface area contributed by atoms with Gasteiger partial charge in [0.2, 0.25) is 0 Å². The van der Waals surface area contributed by atoms with Crippen LogP contribution in [-0.2, 0) is 14.3 Å². The monoisotopic (exact) mass is 300 g/mol. The third-order valence-electron chi connectivity index (χ3n) is 2.49. The van der Waals surface area contributed by atoms with E-state index in [1.165, 1.54) is 32.2 Å². The number of anilines is 1. The molecular formula is C13H17ClN2O4. The smallest absolute Gasteiger partial charge is 0.341 e. The number of carbonyl (C=O) groups excluding carboxylic acids is 2. The minimum atomic E-state index is -0.922. The van der Waals surface area contributed by atoms with Crippen LogP contribution in [0.4, 0.5) is 5.69 Å². The Hall–Kier alpha value is -1.79. The van der Waals surface area contributed by atoms with Crippen LogP contribution in [0.2, 0.25) is 5.02 Å². The number of methoxy groups -OCH3 is 1. The van der Waals surface area contributed by atoms with E-state index >= 15 is 0 Å². The summed E-state index contributed by atoms with van der Waals surface area (Å²) in [5, 5.41) is 2.99. The summed E-state index contributed by atoms with van der Waals surface area (Å²) in [5.74, 6) is -1.07. The van der Waals surface area contributed by atoms with Crippen LogP contribution in [-0.4, -0.2) is 38.2 Å². The van der Waals surface area contributed by atoms with E-state index in [0.29, 0.717) is 18.2 Å². The van der Waals surface area contributed by atoms with Gasteiger partial charge in [-0.1, -0.05) is 11.6 Å². The zero-order chi connectivity index (χ0) is 15.1. The zero-order valence-corrected chi connectivity index (χ0v) is 12.1. The Labute approximate surface area is 122 Å². The van der Waals surface area contributed by atoms with Crippen LogP contribution < -0.4 is 11.1 Å². The second-order valence-electron chi connectivity index (χ2n) is 4.06. The molecule has 1 amide bonds. The standard InChI is InChI=1S/C13H17ClN2O4/c1-8(12(17)16-5-6-19-2)20-13(18)10-4-3-9(14)7-11(10)15/h3-4,7-8H,5-6,15H2,1-2H3,(H,16,17)/t8-/m1/s1. The fourth-order valence-electron chi connectivity index (χ4n) is 1.42. The predicted octanol–water partition coefficient (Wildman–Crippen LogP) is 1.23. The first-order valence-electron chi connectivity index (χ1n) is 5.98. The van der Waals surface area contributed by atoms with Gasteiger partial charge in [0.05, 0.1) is 12.2 Å². The van der Waals surface area contributed by atoms with E-state index in [9.17, 15) is 9.59 Å². The Morgan fingerprint density at radius 2 is 2.15 bits per heavy atom. The quantitative estimate of drug-likeness (QED) is 0.468. The molecular weight excluding hydrogens is 284 g/mol. The summed E-state index contributed by atoms with van der Waals surface area (Å²) in [6.07, 6.45) is -0.922. The fourth-order valence-corrected chi connectivity index (χ4v) is 1.60. The second-order valence-corrected chi connectivity index (χ2v) is 4.50. The third kappa shape index (κ3) is 4.71. The molecule has 0 radical (unpaired) electrons. The van der Waals surface area contributed by atoms with Crippen molar-refractivity contribution in [3.05, 3.63) is 28.8 Å². The van der Waals surface area contributed by atoms with Crippen LogP contribution in [0.25, 0.3) is 0 Å². The molecule has 0 saturated heterocycles. The molecule has 0 aliphatic rings. The molecule has 1 aromatic rings. The van der Waals surface area contributed by atoms with Crippen LogP contribution in [0.5, 0.6) is 0 Å². The van der Waals surface area contributed by atoms with Crippen molar-refractivity contribution >= 4 is 29.2 Å². The van der Waals surface area contributed by atoms with Gasteiger partial charge in [0.25, 0.3) is 5.91 Å². The van der Waals surface area contributed by atoms with Crippen LogP contribution in [0.1, 0.15) is 17.3 Å². The zero-order valence-electron chi connectivity index (χ0n) is 11.3. The highest BCUT2D eigenvalue weighted by molar-refractivity contribution is 6.31. The summed E-state index contributed by atoms with van der Waals surface area (Å²) >= 11 is 5.74. The number of amides is 1. The van der Waals surface area contributed by atoms with Crippen LogP contribution in [0.3, 0.4) is 0 Å². The minimum Gasteiger partial charge on any atom is -0.449 e. The van der Waals surface area contributed by atoms with Crippen molar-refractivity contribution < 1.29 is 19.1 Å². The van der Waals surface area contributed by atoms with Crippen LogP contribution >= 0.6 is 11.6 Å². The molecule has 1 rings (SSSR count). The summed E-state index contributed by atoms with van der Waals surface area (Å²) in [6, 6.07) is 4.43. The number of carbonyl (C=O) groups is 2. The van der Waals surface area contributed by atoms with Crippen LogP contribution in [0.15, 0.2) is 18.2 Å². The van der Waals surface area contributed by atoms with E-state index in [1.807, 2.05) is 0 Å². The number of halogens is 1. The summed E-state index contributed by atoms with van der Waals surface area (Å²) in [6.45, 7) is 2.21. The minimum absolute atomic E-state index is 0.172. The van der Waals surface area contributed by atoms with E-state index in [0.717, 1.165) is 0 Å². The largest absolute Gasteiger partial charge is 0.449 e. The van der Waals surface area contributed by atoms with Crippen LogP contribution in [0, 0.1) is 0 Å². The molecule has 0 aliphatic carbocycles. The van der Waals surface area contributed by atoms with E-state index in [4.69, 9.17) is 26.8 Å². The number of nitrogens with one attached hydrogen (secondary N) is 1. The highest BCUT2D eigenvalue weighted by Crippen LogP contribution is 2.19. The van der Waals surface area contributed by atoms with E-state index in [2.05, 4.69) is 5.32 Å². The maximum Gasteiger partial charge on any atom is 0.341 e. The summed E-state index contributed by atoms with van der Waals surface area (Å²) in [5.41, 5.74) is 6.05. The van der Waals surface area contributed by atoms with Gasteiger partial charge in [-0.15, -0.1) is 0 Å². The molecule has 110 valence electrons. The van der Waals surface area contributed by atoms with Gasteiger partial charge in [0, 0.05) is 24.4 Å². The third-order valence-corrected chi connectivity index (χ3v) is 2.73. The van der Waals surface area contributed by atoms with Gasteiger partial charge in [-0.2, -0.15) is 0 Å². The van der Waals surface area contributed by atoms with E-state index < -0.39 is 18.0 Å². The summed E-state index contributed by atoms with van der Waals surface area (Å²) in [4.78, 5) is 23.5. The molecule has 1 atom stereocenters. The summed E-state index contributed by atoms with van der Waals surface area (Å²) < 4.78 is 9.83. The molecule has 0 aromatic heterocycles. The Bertz CT molecular complexity index is 493. The molecule has 20 heavy (non-hydrogen) atoms. The number of nitrogen functional groups attached to an aromatic ring is 1. The van der Waals surface area contributed by atoms with Crippen molar-refractivity contribution in [1.82, 2.24) is 5.32 Å². The Kier molecular flexibility index (Phi) is 6.27. The molecule has 0 spiro atoms. The van der Waals surface area contributed by atoms with Crippen molar-refractivity contribution in [2.75, 3.05) is 26.0 Å². The van der Waals surface area contributed by atoms with E-state index in [-0.39, 0.29) is 11.3 Å². The first-order valence-corrected chi connectivity index (χ1v) is 6.36. The molecule has 0 bridgehead atoms. The fraction of sp³-hybridized carbons (Fsp3) is 0.385. The van der Waals surface area contributed by atoms with Gasteiger partial charge in [0.1, 0.15) is 0 Å². The number of benzene rings is 1. The van der Waals surface area contributed by atoms with Crippen molar-refractivity contribution in [2.24, 2.45) is 0 Å². The van der Waals surface area contributed by atoms with Crippen molar-refractivity contribution in [3.8, 4) is 0 Å². The van der Waals surface area contributed by atoms with Gasteiger partial charge in [-0.3, -0.25) is 4.79 Å². The maximum absolute atomic E-state index is 11.9. The van der Waals surface area contributed by atoms with Gasteiger partial charge >= 0.3 is 5.97 Å². The van der Waals surface area contributed by atoms with Crippen molar-refractivity contribution in [2.45, 2.75) is 13.0 Å². The number of nitrogens with two attached hydrogens (primary N) is 1. The van der Waals surface area contributed by atoms with Crippen molar-refractivity contribution in [1.29, 1.82) is 0 Å². The lowest BCUT2D eigenvalue weighted by atomic mass is 10.2. The topological polar surface area (TPSA) is 90.6 Å². The molecule has 3 N–H and O–H groups in total. The average Bonchev–Trinajstić information content (AvgIpc) is 2.38. The van der Waals surface area contributed by atoms with Crippen molar-refractivity contribution in [3.63, 3.8) is 0 Å². The Balaban J connectivity index is 2.58. The van der Waals surface area contributed by atoms with E-state index in [1.54, 1.807) is 0 Å². The molecule has 0 aliphatic heterocycles. The molecule has 7 heteroatoms. The lowest BCUT2D eigenvalue weighted by Gasteiger charge is -2.14. The molecule has 0 fully saturated rings. The molecule has 1 aromatic carbocycles. The number of esters is 1. The predicted molar refractivity (Wildman–Crippen MR) is 75.6 cm³/mol. The first kappa shape index (κ1) is 16.3.